The van der Waals surface area contributed by atoms with Crippen LogP contribution in [0, 0.1) is 0 Å². The Hall–Kier alpha value is -3.61. The van der Waals surface area contributed by atoms with E-state index in [9.17, 15) is 19.5 Å². The first kappa shape index (κ1) is 18.2. The summed E-state index contributed by atoms with van der Waals surface area (Å²) in [5.74, 6) is -2.91. The summed E-state index contributed by atoms with van der Waals surface area (Å²) >= 11 is 0. The Morgan fingerprint density at radius 1 is 1.04 bits per heavy atom. The molecule has 0 unspecified atom stereocenters. The van der Waals surface area contributed by atoms with Gasteiger partial charge in [0.15, 0.2) is 0 Å². The summed E-state index contributed by atoms with van der Waals surface area (Å²) in [5, 5.41) is 19.9. The van der Waals surface area contributed by atoms with Gasteiger partial charge in [0.2, 0.25) is 0 Å². The SMILES string of the molecule is COc1ccc([C@@H]2/C(=C(\O)c3ccccc3)C(=O)C(=O)N2CC(=O)O)cc1. The van der Waals surface area contributed by atoms with Crippen molar-refractivity contribution in [2.24, 2.45) is 0 Å². The second-order valence-corrected chi connectivity index (χ2v) is 5.96. The molecule has 0 aliphatic carbocycles. The van der Waals surface area contributed by atoms with Crippen molar-refractivity contribution in [3.63, 3.8) is 0 Å². The van der Waals surface area contributed by atoms with E-state index in [0.29, 0.717) is 16.9 Å². The van der Waals surface area contributed by atoms with Crippen LogP contribution in [-0.4, -0.2) is 46.4 Å². The van der Waals surface area contributed by atoms with Crippen LogP contribution in [0.4, 0.5) is 0 Å². The Labute approximate surface area is 155 Å². The zero-order chi connectivity index (χ0) is 19.6. The van der Waals surface area contributed by atoms with Gasteiger partial charge in [-0.25, -0.2) is 0 Å². The van der Waals surface area contributed by atoms with Crippen molar-refractivity contribution in [1.29, 1.82) is 0 Å². The Morgan fingerprint density at radius 2 is 1.67 bits per heavy atom. The van der Waals surface area contributed by atoms with Crippen LogP contribution in [-0.2, 0) is 14.4 Å². The first-order valence-corrected chi connectivity index (χ1v) is 8.13. The average molecular weight is 367 g/mol. The van der Waals surface area contributed by atoms with Crippen LogP contribution >= 0.6 is 0 Å². The van der Waals surface area contributed by atoms with Crippen molar-refractivity contribution in [1.82, 2.24) is 4.90 Å². The van der Waals surface area contributed by atoms with E-state index in [4.69, 9.17) is 9.84 Å². The summed E-state index contributed by atoms with van der Waals surface area (Å²) in [6, 6.07) is 13.8. The van der Waals surface area contributed by atoms with Gasteiger partial charge < -0.3 is 19.8 Å². The van der Waals surface area contributed by atoms with Crippen molar-refractivity contribution < 1.29 is 29.3 Å². The molecule has 0 bridgehead atoms. The smallest absolute Gasteiger partial charge is 0.323 e. The Kier molecular flexibility index (Phi) is 4.94. The van der Waals surface area contributed by atoms with E-state index in [2.05, 4.69) is 0 Å². The number of carboxylic acid groups (broad SMARTS) is 1. The van der Waals surface area contributed by atoms with Gasteiger partial charge in [0.25, 0.3) is 11.7 Å². The molecular formula is C20H17NO6. The molecule has 1 amide bonds. The molecule has 7 heteroatoms. The Morgan fingerprint density at radius 3 is 2.22 bits per heavy atom. The number of aliphatic hydroxyl groups is 1. The monoisotopic (exact) mass is 367 g/mol. The van der Waals surface area contributed by atoms with Gasteiger partial charge in [-0.15, -0.1) is 0 Å². The lowest BCUT2D eigenvalue weighted by atomic mass is 9.95. The molecule has 3 rings (SSSR count). The molecule has 2 N–H and O–H groups in total. The number of amides is 1. The fourth-order valence-corrected chi connectivity index (χ4v) is 3.07. The second-order valence-electron chi connectivity index (χ2n) is 5.96. The number of methoxy groups -OCH3 is 1. The molecule has 0 spiro atoms. The maximum Gasteiger partial charge on any atom is 0.323 e. The van der Waals surface area contributed by atoms with Crippen molar-refractivity contribution >= 4 is 23.4 Å². The number of likely N-dealkylation sites (tertiary alicyclic amines) is 1. The molecule has 1 atom stereocenters. The largest absolute Gasteiger partial charge is 0.507 e. The van der Waals surface area contributed by atoms with Gasteiger partial charge in [-0.05, 0) is 17.7 Å². The lowest BCUT2D eigenvalue weighted by Crippen LogP contribution is -2.34. The summed E-state index contributed by atoms with van der Waals surface area (Å²) in [6.07, 6.45) is 0. The first-order chi connectivity index (χ1) is 12.9. The third-order valence-electron chi connectivity index (χ3n) is 4.32. The van der Waals surface area contributed by atoms with Gasteiger partial charge in [-0.1, -0.05) is 42.5 Å². The Bertz CT molecular complexity index is 917. The minimum atomic E-state index is -1.25. The highest BCUT2D eigenvalue weighted by Gasteiger charge is 2.46. The average Bonchev–Trinajstić information content (AvgIpc) is 2.92. The summed E-state index contributed by atoms with van der Waals surface area (Å²) < 4.78 is 5.11. The number of ketones is 1. The number of rotatable bonds is 5. The molecular weight excluding hydrogens is 350 g/mol. The van der Waals surface area contributed by atoms with Gasteiger partial charge in [0.1, 0.15) is 18.1 Å². The summed E-state index contributed by atoms with van der Waals surface area (Å²) in [4.78, 5) is 37.2. The van der Waals surface area contributed by atoms with Gasteiger partial charge >= 0.3 is 5.97 Å². The van der Waals surface area contributed by atoms with E-state index in [1.165, 1.54) is 7.11 Å². The van der Waals surface area contributed by atoms with Crippen molar-refractivity contribution in [2.75, 3.05) is 13.7 Å². The maximum atomic E-state index is 12.6. The van der Waals surface area contributed by atoms with Gasteiger partial charge in [0.05, 0.1) is 18.7 Å². The molecule has 1 aliphatic heterocycles. The number of nitrogens with zero attached hydrogens (tertiary/aromatic N) is 1. The molecule has 27 heavy (non-hydrogen) atoms. The summed E-state index contributed by atoms with van der Waals surface area (Å²) in [6.45, 7) is -0.660. The number of carbonyl (C=O) groups is 3. The normalized spacial score (nSPS) is 18.6. The highest BCUT2D eigenvalue weighted by atomic mass is 16.5. The molecule has 1 saturated heterocycles. The number of carbonyl (C=O) groups excluding carboxylic acids is 2. The second kappa shape index (κ2) is 7.33. The molecule has 1 heterocycles. The molecule has 0 saturated carbocycles. The van der Waals surface area contributed by atoms with Crippen LogP contribution in [0.25, 0.3) is 5.76 Å². The molecule has 1 fully saturated rings. The highest BCUT2D eigenvalue weighted by Crippen LogP contribution is 2.39. The minimum absolute atomic E-state index is 0.141. The van der Waals surface area contributed by atoms with E-state index < -0.39 is 30.2 Å². The van der Waals surface area contributed by atoms with Gasteiger partial charge in [-0.2, -0.15) is 0 Å². The number of hydrogen-bond acceptors (Lipinski definition) is 5. The first-order valence-electron chi connectivity index (χ1n) is 8.13. The summed E-state index contributed by atoms with van der Waals surface area (Å²) in [7, 11) is 1.50. The summed E-state index contributed by atoms with van der Waals surface area (Å²) in [5.41, 5.74) is 0.718. The van der Waals surface area contributed by atoms with Crippen LogP contribution in [0.3, 0.4) is 0 Å². The van der Waals surface area contributed by atoms with Crippen LogP contribution in [0.5, 0.6) is 5.75 Å². The number of hydrogen-bond donors (Lipinski definition) is 2. The fourth-order valence-electron chi connectivity index (χ4n) is 3.07. The lowest BCUT2D eigenvalue weighted by Gasteiger charge is -2.23. The van der Waals surface area contributed by atoms with Gasteiger partial charge in [0, 0.05) is 5.56 Å². The zero-order valence-corrected chi connectivity index (χ0v) is 14.5. The van der Waals surface area contributed by atoms with Crippen LogP contribution < -0.4 is 4.74 Å². The number of carboxylic acids is 1. The number of benzene rings is 2. The minimum Gasteiger partial charge on any atom is -0.507 e. The Balaban J connectivity index is 2.17. The molecule has 2 aromatic carbocycles. The fraction of sp³-hybridized carbons (Fsp3) is 0.150. The number of ether oxygens (including phenoxy) is 1. The van der Waals surface area contributed by atoms with Crippen LogP contribution in [0.1, 0.15) is 17.2 Å². The van der Waals surface area contributed by atoms with Crippen molar-refractivity contribution in [3.05, 3.63) is 71.3 Å². The predicted octanol–water partition coefficient (Wildman–Crippen LogP) is 2.20. The van der Waals surface area contributed by atoms with Gasteiger partial charge in [-0.3, -0.25) is 14.4 Å². The topological polar surface area (TPSA) is 104 Å². The zero-order valence-electron chi connectivity index (χ0n) is 14.5. The van der Waals surface area contributed by atoms with E-state index in [1.807, 2.05) is 0 Å². The quantitative estimate of drug-likeness (QED) is 0.477. The maximum absolute atomic E-state index is 12.6. The molecule has 1 aliphatic rings. The van der Waals surface area contributed by atoms with E-state index in [1.54, 1.807) is 54.6 Å². The molecule has 7 nitrogen and oxygen atoms in total. The molecule has 2 aromatic rings. The van der Waals surface area contributed by atoms with E-state index in [-0.39, 0.29) is 11.3 Å². The standard InChI is InChI=1S/C20H17NO6/c1-27-14-9-7-12(8-10-14)17-16(18(24)13-5-3-2-4-6-13)19(25)20(26)21(17)11-15(22)23/h2-10,17,24H,11H2,1H3,(H,22,23)/b18-16+/t17-/m1/s1. The van der Waals surface area contributed by atoms with Crippen molar-refractivity contribution in [3.8, 4) is 5.75 Å². The molecule has 138 valence electrons. The third-order valence-corrected chi connectivity index (χ3v) is 4.32. The van der Waals surface area contributed by atoms with Crippen molar-refractivity contribution in [2.45, 2.75) is 6.04 Å². The number of aliphatic carboxylic acids is 1. The number of aliphatic hydroxyl groups excluding tert-OH is 1. The number of Topliss-reactive ketones (excluding diaryl/α,β-unsaturated/α-hetero) is 1. The molecule has 0 radical (unpaired) electrons. The van der Waals surface area contributed by atoms with Crippen LogP contribution in [0.15, 0.2) is 60.2 Å². The van der Waals surface area contributed by atoms with Crippen LogP contribution in [0.2, 0.25) is 0 Å². The highest BCUT2D eigenvalue weighted by molar-refractivity contribution is 6.46. The lowest BCUT2D eigenvalue weighted by molar-refractivity contribution is -0.146. The third kappa shape index (κ3) is 3.39. The van der Waals surface area contributed by atoms with E-state index >= 15 is 0 Å². The molecule has 0 aromatic heterocycles. The van der Waals surface area contributed by atoms with E-state index in [0.717, 1.165) is 4.90 Å². The predicted molar refractivity (Wildman–Crippen MR) is 96.1 cm³/mol.